The molecule has 0 bridgehead atoms. The van der Waals surface area contributed by atoms with Gasteiger partial charge in [0.05, 0.1) is 31.7 Å². The van der Waals surface area contributed by atoms with Crippen molar-refractivity contribution in [2.45, 2.75) is 44.8 Å². The van der Waals surface area contributed by atoms with E-state index in [0.717, 1.165) is 69.2 Å². The van der Waals surface area contributed by atoms with Gasteiger partial charge in [0.25, 0.3) is 5.56 Å². The van der Waals surface area contributed by atoms with E-state index in [2.05, 4.69) is 30.2 Å². The molecule has 10 nitrogen and oxygen atoms in total. The van der Waals surface area contributed by atoms with Crippen LogP contribution in [0.4, 0.5) is 0 Å². The second-order valence-corrected chi connectivity index (χ2v) is 8.57. The summed E-state index contributed by atoms with van der Waals surface area (Å²) in [6.45, 7) is 4.78. The lowest BCUT2D eigenvalue weighted by Crippen LogP contribution is -2.44. The number of ether oxygens (including phenoxy) is 2. The Morgan fingerprint density at radius 3 is 2.97 bits per heavy atom. The third kappa shape index (κ3) is 4.96. The average Bonchev–Trinajstić information content (AvgIpc) is 2.87. The fourth-order valence-corrected chi connectivity index (χ4v) is 4.48. The van der Waals surface area contributed by atoms with Gasteiger partial charge in [0.1, 0.15) is 12.1 Å². The molecule has 174 valence electrons. The number of piperidine rings is 1. The summed E-state index contributed by atoms with van der Waals surface area (Å²) in [5.41, 5.74) is 2.28. The topological polar surface area (TPSA) is 109 Å². The monoisotopic (exact) mass is 452 g/mol. The molecule has 5 rings (SSSR count). The number of aryl methyl sites for hydroxylation is 1. The van der Waals surface area contributed by atoms with Crippen LogP contribution in [0.15, 0.2) is 29.3 Å². The van der Waals surface area contributed by atoms with Crippen LogP contribution in [0.25, 0.3) is 11.2 Å². The van der Waals surface area contributed by atoms with Crippen molar-refractivity contribution < 1.29 is 14.5 Å². The molecule has 0 amide bonds. The van der Waals surface area contributed by atoms with Gasteiger partial charge in [0.2, 0.25) is 5.88 Å². The molecule has 33 heavy (non-hydrogen) atoms. The van der Waals surface area contributed by atoms with E-state index in [1.54, 1.807) is 17.7 Å². The van der Waals surface area contributed by atoms with E-state index in [4.69, 9.17) is 9.47 Å². The number of likely N-dealkylation sites (tertiary alicyclic amines) is 1. The van der Waals surface area contributed by atoms with Gasteiger partial charge in [0.15, 0.2) is 5.65 Å². The lowest BCUT2D eigenvalue weighted by atomic mass is 10.1. The first kappa shape index (κ1) is 21.7. The number of pyridine rings is 1. The number of nitrogens with one attached hydrogen (secondary N) is 2. The number of aromatic amines is 1. The van der Waals surface area contributed by atoms with Crippen LogP contribution >= 0.6 is 0 Å². The van der Waals surface area contributed by atoms with Crippen LogP contribution in [-0.2, 0) is 19.5 Å². The fraction of sp³-hybridized carbons (Fsp3) is 0.522. The minimum atomic E-state index is -0.141. The van der Waals surface area contributed by atoms with Crippen LogP contribution in [0.3, 0.4) is 0 Å². The molecular weight excluding hydrogens is 422 g/mol. The molecule has 10 heteroatoms. The van der Waals surface area contributed by atoms with Gasteiger partial charge in [-0.25, -0.2) is 9.97 Å². The number of hydrogen-bond donors (Lipinski definition) is 1. The van der Waals surface area contributed by atoms with Gasteiger partial charge in [-0.05, 0) is 49.8 Å². The highest BCUT2D eigenvalue weighted by Crippen LogP contribution is 2.20. The van der Waals surface area contributed by atoms with Crippen LogP contribution in [0.2, 0.25) is 0 Å². The minimum Gasteiger partial charge on any atom is -0.481 e. The minimum absolute atomic E-state index is 0.141. The number of rotatable bonds is 7. The van der Waals surface area contributed by atoms with Crippen molar-refractivity contribution in [3.8, 4) is 11.8 Å². The maximum Gasteiger partial charge on any atom is 0.335 e. The van der Waals surface area contributed by atoms with E-state index in [1.807, 2.05) is 12.3 Å². The molecular formula is C23H30N7O3+. The van der Waals surface area contributed by atoms with Crippen molar-refractivity contribution in [2.75, 3.05) is 33.4 Å². The smallest absolute Gasteiger partial charge is 0.335 e. The molecule has 0 aromatic carbocycles. The fourth-order valence-electron chi connectivity index (χ4n) is 4.48. The summed E-state index contributed by atoms with van der Waals surface area (Å²) < 4.78 is 12.6. The number of nitrogens with zero attached hydrogens (tertiary/aromatic N) is 5. The highest BCUT2D eigenvalue weighted by Gasteiger charge is 2.23. The van der Waals surface area contributed by atoms with Crippen molar-refractivity contribution in [3.05, 3.63) is 46.3 Å². The summed E-state index contributed by atoms with van der Waals surface area (Å²) in [7, 11) is 1.57. The Balaban J connectivity index is 1.13. The molecule has 5 heterocycles. The van der Waals surface area contributed by atoms with Gasteiger partial charge in [-0.15, -0.1) is 0 Å². The molecule has 2 N–H and O–H groups in total. The van der Waals surface area contributed by atoms with E-state index >= 15 is 0 Å². The summed E-state index contributed by atoms with van der Waals surface area (Å²) in [5, 5.41) is 3.62. The van der Waals surface area contributed by atoms with Gasteiger partial charge in [-0.2, -0.15) is 4.98 Å². The molecule has 0 spiro atoms. The first-order valence-electron chi connectivity index (χ1n) is 11.6. The molecule has 1 saturated heterocycles. The van der Waals surface area contributed by atoms with Crippen LogP contribution in [0.1, 0.15) is 30.7 Å². The molecule has 0 saturated carbocycles. The Morgan fingerprint density at radius 1 is 1.24 bits per heavy atom. The van der Waals surface area contributed by atoms with Crippen LogP contribution < -0.4 is 25.3 Å². The molecule has 0 radical (unpaired) electrons. The highest BCUT2D eigenvalue weighted by molar-refractivity contribution is 5.70. The van der Waals surface area contributed by atoms with Crippen LogP contribution in [-0.4, -0.2) is 63.8 Å². The van der Waals surface area contributed by atoms with Crippen LogP contribution in [0.5, 0.6) is 11.8 Å². The Kier molecular flexibility index (Phi) is 6.45. The Labute approximate surface area is 192 Å². The van der Waals surface area contributed by atoms with Gasteiger partial charge >= 0.3 is 11.7 Å². The third-order valence-electron chi connectivity index (χ3n) is 6.41. The van der Waals surface area contributed by atoms with Gasteiger partial charge < -0.3 is 19.7 Å². The van der Waals surface area contributed by atoms with Gasteiger partial charge in [-0.3, -0.25) is 9.36 Å². The SMILES string of the molecule is COc1ccc2ncc(=O)n(CCN3CCC(NCc4nc5c(c[nH+]4)CCCO5)CC3)c2n1. The normalized spacial score (nSPS) is 17.0. The summed E-state index contributed by atoms with van der Waals surface area (Å²) in [4.78, 5) is 31.4. The molecule has 0 aliphatic carbocycles. The number of H-pyrrole nitrogens is 1. The second kappa shape index (κ2) is 9.80. The van der Waals surface area contributed by atoms with Crippen molar-refractivity contribution in [2.24, 2.45) is 0 Å². The molecule has 1 fully saturated rings. The van der Waals surface area contributed by atoms with Crippen LogP contribution in [0, 0.1) is 0 Å². The number of hydrogen-bond acceptors (Lipinski definition) is 8. The predicted molar refractivity (Wildman–Crippen MR) is 121 cm³/mol. The van der Waals surface area contributed by atoms with E-state index < -0.39 is 0 Å². The third-order valence-corrected chi connectivity index (χ3v) is 6.41. The summed E-state index contributed by atoms with van der Waals surface area (Å²) >= 11 is 0. The van der Waals surface area contributed by atoms with Gasteiger partial charge in [0, 0.05) is 25.2 Å². The zero-order chi connectivity index (χ0) is 22.6. The predicted octanol–water partition coefficient (Wildman–Crippen LogP) is 0.588. The lowest BCUT2D eigenvalue weighted by molar-refractivity contribution is -0.397. The molecule has 2 aliphatic heterocycles. The zero-order valence-corrected chi connectivity index (χ0v) is 18.9. The Hall–Kier alpha value is -3.11. The van der Waals surface area contributed by atoms with E-state index in [0.29, 0.717) is 36.2 Å². The Morgan fingerprint density at radius 2 is 2.12 bits per heavy atom. The first-order valence-corrected chi connectivity index (χ1v) is 11.6. The number of aromatic nitrogens is 5. The van der Waals surface area contributed by atoms with Crippen molar-refractivity contribution >= 4 is 11.2 Å². The van der Waals surface area contributed by atoms with Crippen molar-refractivity contribution in [3.63, 3.8) is 0 Å². The van der Waals surface area contributed by atoms with E-state index in [9.17, 15) is 4.79 Å². The summed E-state index contributed by atoms with van der Waals surface area (Å²) in [5.74, 6) is 2.16. The highest BCUT2D eigenvalue weighted by atomic mass is 16.5. The standard InChI is InChI=1S/C23H29N7O3/c1-32-20-5-4-18-22(28-20)30(21(31)15-25-18)11-10-29-8-6-17(7-9-29)24-14-19-26-13-16-3-2-12-33-23(16)27-19/h4-5,13,15,17,24H,2-3,6-12,14H2,1H3/p+1. The van der Waals surface area contributed by atoms with Crippen molar-refractivity contribution in [1.82, 2.24) is 29.7 Å². The van der Waals surface area contributed by atoms with Crippen molar-refractivity contribution in [1.29, 1.82) is 0 Å². The average molecular weight is 453 g/mol. The zero-order valence-electron chi connectivity index (χ0n) is 18.9. The quantitative estimate of drug-likeness (QED) is 0.555. The largest absolute Gasteiger partial charge is 0.481 e. The van der Waals surface area contributed by atoms with Gasteiger partial charge in [-0.1, -0.05) is 0 Å². The number of methoxy groups -OCH3 is 1. The molecule has 0 atom stereocenters. The summed E-state index contributed by atoms with van der Waals surface area (Å²) in [6, 6.07) is 4.03. The maximum absolute atomic E-state index is 12.4. The van der Waals surface area contributed by atoms with E-state index in [1.165, 1.54) is 6.20 Å². The molecule has 2 aliphatic rings. The Bertz CT molecular complexity index is 1170. The maximum atomic E-state index is 12.4. The second-order valence-electron chi connectivity index (χ2n) is 8.57. The first-order chi connectivity index (χ1) is 16.2. The molecule has 3 aromatic rings. The molecule has 3 aromatic heterocycles. The molecule has 0 unspecified atom stereocenters. The number of fused-ring (bicyclic) bond motifs is 2. The lowest BCUT2D eigenvalue weighted by Gasteiger charge is -2.32. The summed E-state index contributed by atoms with van der Waals surface area (Å²) in [6.07, 6.45) is 7.57. The van der Waals surface area contributed by atoms with E-state index in [-0.39, 0.29) is 5.56 Å².